The van der Waals surface area contributed by atoms with Crippen LogP contribution in [0, 0.1) is 0 Å². The molecule has 1 saturated carbocycles. The second-order valence-corrected chi connectivity index (χ2v) is 6.33. The van der Waals surface area contributed by atoms with E-state index in [2.05, 4.69) is 34.7 Å². The van der Waals surface area contributed by atoms with Gasteiger partial charge < -0.3 is 5.32 Å². The third kappa shape index (κ3) is 2.72. The van der Waals surface area contributed by atoms with Crippen molar-refractivity contribution in [1.82, 2.24) is 10.2 Å². The second kappa shape index (κ2) is 5.09. The molecule has 2 atom stereocenters. The molecule has 0 spiro atoms. The molecule has 2 heterocycles. The van der Waals surface area contributed by atoms with E-state index in [1.807, 2.05) is 11.3 Å². The Morgan fingerprint density at radius 3 is 3.00 bits per heavy atom. The normalized spacial score (nSPS) is 27.5. The van der Waals surface area contributed by atoms with Gasteiger partial charge in [0.1, 0.15) is 0 Å². The minimum absolute atomic E-state index is 0.569. The second-order valence-electron chi connectivity index (χ2n) is 5.35. The maximum Gasteiger partial charge on any atom is 0.0414 e. The Labute approximate surface area is 108 Å². The van der Waals surface area contributed by atoms with Gasteiger partial charge in [-0.25, -0.2) is 0 Å². The van der Waals surface area contributed by atoms with Gasteiger partial charge in [-0.05, 0) is 37.1 Å². The largest absolute Gasteiger partial charge is 0.305 e. The number of hydrogen-bond donors (Lipinski definition) is 1. The maximum atomic E-state index is 3.85. The van der Waals surface area contributed by atoms with Crippen LogP contribution in [0.3, 0.4) is 0 Å². The molecule has 3 rings (SSSR count). The molecule has 3 heteroatoms. The Kier molecular flexibility index (Phi) is 3.50. The van der Waals surface area contributed by atoms with E-state index in [1.54, 1.807) is 0 Å². The van der Waals surface area contributed by atoms with E-state index < -0.39 is 0 Å². The van der Waals surface area contributed by atoms with Crippen molar-refractivity contribution in [2.75, 3.05) is 13.1 Å². The van der Waals surface area contributed by atoms with Crippen molar-refractivity contribution in [2.24, 2.45) is 0 Å². The number of likely N-dealkylation sites (tertiary alicyclic amines) is 1. The van der Waals surface area contributed by atoms with Crippen LogP contribution in [-0.2, 0) is 0 Å². The number of nitrogens with zero attached hydrogens (tertiary/aromatic N) is 1. The van der Waals surface area contributed by atoms with Crippen LogP contribution in [0.4, 0.5) is 0 Å². The summed E-state index contributed by atoms with van der Waals surface area (Å²) in [4.78, 5) is 4.18. The lowest BCUT2D eigenvalue weighted by molar-refractivity contribution is 0.312. The predicted molar refractivity (Wildman–Crippen MR) is 73.5 cm³/mol. The summed E-state index contributed by atoms with van der Waals surface area (Å²) in [6.07, 6.45) is 5.41. The Hall–Kier alpha value is -0.380. The molecule has 1 aliphatic carbocycles. The molecular weight excluding hydrogens is 228 g/mol. The first-order chi connectivity index (χ1) is 8.36. The van der Waals surface area contributed by atoms with Crippen LogP contribution in [0.15, 0.2) is 17.5 Å². The summed E-state index contributed by atoms with van der Waals surface area (Å²) < 4.78 is 0. The van der Waals surface area contributed by atoms with E-state index >= 15 is 0 Å². The Bertz CT molecular complexity index is 345. The third-order valence-electron chi connectivity index (χ3n) is 4.01. The van der Waals surface area contributed by atoms with Crippen molar-refractivity contribution in [1.29, 1.82) is 0 Å². The molecule has 0 aromatic carbocycles. The molecule has 17 heavy (non-hydrogen) atoms. The minimum atomic E-state index is 0.569. The monoisotopic (exact) mass is 250 g/mol. The Morgan fingerprint density at radius 1 is 1.47 bits per heavy atom. The molecule has 0 bridgehead atoms. The first-order valence-corrected chi connectivity index (χ1v) is 7.78. The summed E-state index contributed by atoms with van der Waals surface area (Å²) in [5.74, 6) is 0. The molecule has 2 nitrogen and oxygen atoms in total. The molecule has 2 unspecified atom stereocenters. The summed E-state index contributed by atoms with van der Waals surface area (Å²) in [6, 6.07) is 6.64. The molecule has 1 N–H and O–H groups in total. The van der Waals surface area contributed by atoms with E-state index in [9.17, 15) is 0 Å². The zero-order valence-corrected chi connectivity index (χ0v) is 11.4. The van der Waals surface area contributed by atoms with Gasteiger partial charge in [-0.1, -0.05) is 13.0 Å². The van der Waals surface area contributed by atoms with Crippen LogP contribution < -0.4 is 5.32 Å². The lowest BCUT2D eigenvalue weighted by Crippen LogP contribution is -2.35. The average Bonchev–Trinajstić information content (AvgIpc) is 2.89. The van der Waals surface area contributed by atoms with Crippen molar-refractivity contribution in [3.05, 3.63) is 22.4 Å². The van der Waals surface area contributed by atoms with Crippen LogP contribution in [0.2, 0.25) is 0 Å². The van der Waals surface area contributed by atoms with E-state index in [-0.39, 0.29) is 0 Å². The zero-order valence-electron chi connectivity index (χ0n) is 10.6. The predicted octanol–water partition coefficient (Wildman–Crippen LogP) is 3.03. The summed E-state index contributed by atoms with van der Waals surface area (Å²) >= 11 is 1.88. The van der Waals surface area contributed by atoms with Gasteiger partial charge in [-0.15, -0.1) is 11.3 Å². The maximum absolute atomic E-state index is 3.85. The van der Waals surface area contributed by atoms with Crippen molar-refractivity contribution in [3.8, 4) is 0 Å². The smallest absolute Gasteiger partial charge is 0.0414 e. The lowest BCUT2D eigenvalue weighted by atomic mass is 10.1. The molecule has 1 saturated heterocycles. The summed E-state index contributed by atoms with van der Waals surface area (Å²) in [7, 11) is 0. The minimum Gasteiger partial charge on any atom is -0.305 e. The molecule has 1 aliphatic heterocycles. The molecule has 0 radical (unpaired) electrons. The van der Waals surface area contributed by atoms with Crippen molar-refractivity contribution in [3.63, 3.8) is 0 Å². The highest BCUT2D eigenvalue weighted by Crippen LogP contribution is 2.31. The molecular formula is C14H22N2S. The van der Waals surface area contributed by atoms with Gasteiger partial charge in [0.25, 0.3) is 0 Å². The standard InChI is InChI=1S/C14H22N2S/c1-2-13(14-4-3-9-17-14)15-11-7-8-16(10-11)12-5-6-12/h3-4,9,11-13,15H,2,5-8,10H2,1H3. The van der Waals surface area contributed by atoms with Gasteiger partial charge >= 0.3 is 0 Å². The number of thiophene rings is 1. The topological polar surface area (TPSA) is 15.3 Å². The van der Waals surface area contributed by atoms with Crippen molar-refractivity contribution in [2.45, 2.75) is 50.7 Å². The van der Waals surface area contributed by atoms with Gasteiger partial charge in [-0.2, -0.15) is 0 Å². The first-order valence-electron chi connectivity index (χ1n) is 6.90. The van der Waals surface area contributed by atoms with E-state index in [4.69, 9.17) is 0 Å². The highest BCUT2D eigenvalue weighted by Gasteiger charge is 2.34. The van der Waals surface area contributed by atoms with Crippen LogP contribution in [0.5, 0.6) is 0 Å². The van der Waals surface area contributed by atoms with E-state index in [0.717, 1.165) is 6.04 Å². The fourth-order valence-corrected chi connectivity index (χ4v) is 3.74. The average molecular weight is 250 g/mol. The van der Waals surface area contributed by atoms with Crippen molar-refractivity contribution < 1.29 is 0 Å². The zero-order chi connectivity index (χ0) is 11.7. The third-order valence-corrected chi connectivity index (χ3v) is 5.00. The first kappa shape index (κ1) is 11.7. The Morgan fingerprint density at radius 2 is 2.35 bits per heavy atom. The molecule has 1 aromatic rings. The van der Waals surface area contributed by atoms with Gasteiger partial charge in [0.2, 0.25) is 0 Å². The SMILES string of the molecule is CCC(NC1CCN(C2CC2)C1)c1cccs1. The van der Waals surface area contributed by atoms with Crippen LogP contribution in [0.25, 0.3) is 0 Å². The van der Waals surface area contributed by atoms with E-state index in [0.29, 0.717) is 12.1 Å². The quantitative estimate of drug-likeness (QED) is 0.864. The molecule has 1 aromatic heterocycles. The van der Waals surface area contributed by atoms with Crippen LogP contribution in [0.1, 0.15) is 43.5 Å². The number of hydrogen-bond acceptors (Lipinski definition) is 3. The summed E-state index contributed by atoms with van der Waals surface area (Å²) in [5, 5.41) is 6.03. The van der Waals surface area contributed by atoms with E-state index in [1.165, 1.54) is 43.6 Å². The summed E-state index contributed by atoms with van der Waals surface area (Å²) in [5.41, 5.74) is 0. The highest BCUT2D eigenvalue weighted by atomic mass is 32.1. The molecule has 0 amide bonds. The Balaban J connectivity index is 1.55. The summed E-state index contributed by atoms with van der Waals surface area (Å²) in [6.45, 7) is 4.86. The van der Waals surface area contributed by atoms with Gasteiger partial charge in [0, 0.05) is 36.1 Å². The fourth-order valence-electron chi connectivity index (χ4n) is 2.87. The fraction of sp³-hybridized carbons (Fsp3) is 0.714. The van der Waals surface area contributed by atoms with Crippen LogP contribution in [-0.4, -0.2) is 30.1 Å². The van der Waals surface area contributed by atoms with Crippen molar-refractivity contribution >= 4 is 11.3 Å². The molecule has 94 valence electrons. The highest BCUT2D eigenvalue weighted by molar-refractivity contribution is 7.10. The van der Waals surface area contributed by atoms with Gasteiger partial charge in [0.15, 0.2) is 0 Å². The number of nitrogens with one attached hydrogen (secondary N) is 1. The van der Waals surface area contributed by atoms with Gasteiger partial charge in [-0.3, -0.25) is 4.90 Å². The van der Waals surface area contributed by atoms with Crippen LogP contribution >= 0.6 is 11.3 Å². The lowest BCUT2D eigenvalue weighted by Gasteiger charge is -2.21. The number of rotatable bonds is 5. The van der Waals surface area contributed by atoms with Gasteiger partial charge in [0.05, 0.1) is 0 Å². The molecule has 2 fully saturated rings. The molecule has 2 aliphatic rings.